The van der Waals surface area contributed by atoms with Gasteiger partial charge in [-0.25, -0.2) is 0 Å². The van der Waals surface area contributed by atoms with Gasteiger partial charge in [-0.15, -0.1) is 6.58 Å². The minimum atomic E-state index is 0.464. The van der Waals surface area contributed by atoms with E-state index in [2.05, 4.69) is 11.7 Å². The molecule has 0 aromatic carbocycles. The lowest BCUT2D eigenvalue weighted by Gasteiger charge is -2.21. The molecule has 0 bridgehead atoms. The second-order valence-electron chi connectivity index (χ2n) is 3.06. The summed E-state index contributed by atoms with van der Waals surface area (Å²) in [5.74, 6) is 0.464. The fourth-order valence-electron chi connectivity index (χ4n) is 1.65. The molecule has 1 N–H and O–H groups in total. The summed E-state index contributed by atoms with van der Waals surface area (Å²) in [6, 6.07) is 0. The molecule has 1 rings (SSSR count). The molecule has 1 saturated carbocycles. The number of hydrogen-bond donors (Lipinski definition) is 1. The molecule has 0 aromatic rings. The van der Waals surface area contributed by atoms with Crippen molar-refractivity contribution in [2.75, 3.05) is 0 Å². The number of nitrogens with zero attached hydrogens (tertiary/aromatic N) is 1. The van der Waals surface area contributed by atoms with Crippen molar-refractivity contribution in [3.63, 3.8) is 0 Å². The van der Waals surface area contributed by atoms with Gasteiger partial charge in [-0.3, -0.25) is 0 Å². The second kappa shape index (κ2) is 4.16. The first-order chi connectivity index (χ1) is 5.38. The molecule has 0 heterocycles. The number of hydrogen-bond acceptors (Lipinski definition) is 2. The van der Waals surface area contributed by atoms with Crippen LogP contribution in [0, 0.1) is 5.92 Å². The molecule has 62 valence electrons. The lowest BCUT2D eigenvalue weighted by atomic mass is 9.85. The van der Waals surface area contributed by atoms with Crippen LogP contribution in [-0.2, 0) is 0 Å². The molecule has 1 fully saturated rings. The Kier molecular flexibility index (Phi) is 3.14. The van der Waals surface area contributed by atoms with E-state index in [1.54, 1.807) is 0 Å². The smallest absolute Gasteiger partial charge is 0.0604 e. The van der Waals surface area contributed by atoms with E-state index in [9.17, 15) is 0 Å². The Labute approximate surface area is 67.6 Å². The topological polar surface area (TPSA) is 32.6 Å². The van der Waals surface area contributed by atoms with Crippen LogP contribution in [0.4, 0.5) is 0 Å². The first-order valence-corrected chi connectivity index (χ1v) is 4.20. The summed E-state index contributed by atoms with van der Waals surface area (Å²) >= 11 is 0. The molecular formula is C9H15NO. The molecule has 1 aliphatic carbocycles. The molecule has 0 amide bonds. The highest BCUT2D eigenvalue weighted by Crippen LogP contribution is 2.24. The summed E-state index contributed by atoms with van der Waals surface area (Å²) in [7, 11) is 0. The molecular weight excluding hydrogens is 138 g/mol. The van der Waals surface area contributed by atoms with Crippen LogP contribution < -0.4 is 0 Å². The molecule has 0 saturated heterocycles. The van der Waals surface area contributed by atoms with Crippen LogP contribution in [-0.4, -0.2) is 10.9 Å². The maximum atomic E-state index is 8.64. The lowest BCUT2D eigenvalue weighted by Crippen LogP contribution is -2.18. The van der Waals surface area contributed by atoms with Crippen LogP contribution in [0.15, 0.2) is 17.8 Å². The van der Waals surface area contributed by atoms with Gasteiger partial charge in [-0.05, 0) is 25.7 Å². The molecule has 0 spiro atoms. The Balaban J connectivity index is 2.51. The number of rotatable bonds is 2. The Bertz CT molecular complexity index is 163. The minimum Gasteiger partial charge on any atom is -0.411 e. The van der Waals surface area contributed by atoms with Crippen molar-refractivity contribution in [1.29, 1.82) is 0 Å². The maximum Gasteiger partial charge on any atom is 0.0604 e. The third kappa shape index (κ3) is 2.07. The summed E-state index contributed by atoms with van der Waals surface area (Å²) < 4.78 is 0. The van der Waals surface area contributed by atoms with Crippen molar-refractivity contribution in [2.24, 2.45) is 11.1 Å². The highest BCUT2D eigenvalue weighted by molar-refractivity contribution is 5.86. The molecule has 1 atom stereocenters. The van der Waals surface area contributed by atoms with Gasteiger partial charge in [0, 0.05) is 5.92 Å². The highest BCUT2D eigenvalue weighted by Gasteiger charge is 2.18. The second-order valence-corrected chi connectivity index (χ2v) is 3.06. The molecule has 11 heavy (non-hydrogen) atoms. The predicted molar refractivity (Wildman–Crippen MR) is 46.0 cm³/mol. The van der Waals surface area contributed by atoms with Crippen molar-refractivity contribution in [3.8, 4) is 0 Å². The van der Waals surface area contributed by atoms with E-state index in [1.165, 1.54) is 12.8 Å². The molecule has 0 aromatic heterocycles. The molecule has 2 heteroatoms. The lowest BCUT2D eigenvalue weighted by molar-refractivity contribution is 0.309. The number of oxime groups is 1. The van der Waals surface area contributed by atoms with Crippen LogP contribution >= 0.6 is 0 Å². The van der Waals surface area contributed by atoms with E-state index in [-0.39, 0.29) is 0 Å². The van der Waals surface area contributed by atoms with Gasteiger partial charge in [0.15, 0.2) is 0 Å². The van der Waals surface area contributed by atoms with E-state index in [0.29, 0.717) is 5.92 Å². The quantitative estimate of drug-likeness (QED) is 0.369. The van der Waals surface area contributed by atoms with Crippen molar-refractivity contribution in [1.82, 2.24) is 0 Å². The highest BCUT2D eigenvalue weighted by atomic mass is 16.4. The average Bonchev–Trinajstić information content (AvgIpc) is 2.06. The SMILES string of the molecule is C=CCC1CCCC/C1=N\O. The van der Waals surface area contributed by atoms with Gasteiger partial charge in [-0.1, -0.05) is 17.7 Å². The molecule has 2 nitrogen and oxygen atoms in total. The normalized spacial score (nSPS) is 28.7. The van der Waals surface area contributed by atoms with Gasteiger partial charge in [0.2, 0.25) is 0 Å². The van der Waals surface area contributed by atoms with Crippen molar-refractivity contribution < 1.29 is 5.21 Å². The molecule has 0 radical (unpaired) electrons. The largest absolute Gasteiger partial charge is 0.411 e. The first-order valence-electron chi connectivity index (χ1n) is 4.20. The van der Waals surface area contributed by atoms with Gasteiger partial charge in [-0.2, -0.15) is 0 Å². The fourth-order valence-corrected chi connectivity index (χ4v) is 1.65. The predicted octanol–water partition coefficient (Wildman–Crippen LogP) is 2.58. The van der Waals surface area contributed by atoms with Gasteiger partial charge in [0.05, 0.1) is 5.71 Å². The maximum absolute atomic E-state index is 8.64. The average molecular weight is 153 g/mol. The van der Waals surface area contributed by atoms with E-state index in [1.807, 2.05) is 6.08 Å². The van der Waals surface area contributed by atoms with Gasteiger partial charge >= 0.3 is 0 Å². The van der Waals surface area contributed by atoms with E-state index >= 15 is 0 Å². The standard InChI is InChI=1S/C9H15NO/c1-2-5-8-6-3-4-7-9(8)10-11/h2,8,11H,1,3-7H2/b10-9+. The monoisotopic (exact) mass is 153 g/mol. The fraction of sp³-hybridized carbons (Fsp3) is 0.667. The summed E-state index contributed by atoms with van der Waals surface area (Å²) in [5, 5.41) is 12.0. The summed E-state index contributed by atoms with van der Waals surface area (Å²) in [4.78, 5) is 0. The van der Waals surface area contributed by atoms with Gasteiger partial charge in [0.1, 0.15) is 0 Å². The number of allylic oxidation sites excluding steroid dienone is 1. The van der Waals surface area contributed by atoms with Crippen molar-refractivity contribution in [3.05, 3.63) is 12.7 Å². The van der Waals surface area contributed by atoms with E-state index in [4.69, 9.17) is 5.21 Å². The van der Waals surface area contributed by atoms with E-state index in [0.717, 1.165) is 25.0 Å². The van der Waals surface area contributed by atoms with Gasteiger partial charge in [0.25, 0.3) is 0 Å². The summed E-state index contributed by atoms with van der Waals surface area (Å²) in [6.45, 7) is 3.69. The van der Waals surface area contributed by atoms with Gasteiger partial charge < -0.3 is 5.21 Å². The Morgan fingerprint density at radius 2 is 2.45 bits per heavy atom. The zero-order valence-electron chi connectivity index (χ0n) is 6.79. The molecule has 0 aliphatic heterocycles. The van der Waals surface area contributed by atoms with Crippen LogP contribution in [0.1, 0.15) is 32.1 Å². The Morgan fingerprint density at radius 3 is 3.09 bits per heavy atom. The van der Waals surface area contributed by atoms with Crippen LogP contribution in [0.2, 0.25) is 0 Å². The third-order valence-electron chi connectivity index (χ3n) is 2.29. The summed E-state index contributed by atoms with van der Waals surface area (Å²) in [6.07, 6.45) is 7.42. The van der Waals surface area contributed by atoms with Crippen LogP contribution in [0.5, 0.6) is 0 Å². The van der Waals surface area contributed by atoms with Crippen LogP contribution in [0.25, 0.3) is 0 Å². The first kappa shape index (κ1) is 8.31. The third-order valence-corrected chi connectivity index (χ3v) is 2.29. The molecule has 1 aliphatic rings. The molecule has 1 unspecified atom stereocenters. The van der Waals surface area contributed by atoms with E-state index < -0.39 is 0 Å². The van der Waals surface area contributed by atoms with Crippen molar-refractivity contribution in [2.45, 2.75) is 32.1 Å². The zero-order valence-corrected chi connectivity index (χ0v) is 6.79. The minimum absolute atomic E-state index is 0.464. The summed E-state index contributed by atoms with van der Waals surface area (Å²) in [5.41, 5.74) is 0.969. The van der Waals surface area contributed by atoms with Crippen LogP contribution in [0.3, 0.4) is 0 Å². The van der Waals surface area contributed by atoms with Crippen molar-refractivity contribution >= 4 is 5.71 Å². The Hall–Kier alpha value is -0.790. The zero-order chi connectivity index (χ0) is 8.10. The Morgan fingerprint density at radius 1 is 1.64 bits per heavy atom.